The summed E-state index contributed by atoms with van der Waals surface area (Å²) in [5, 5.41) is 42.2. The second-order valence-corrected chi connectivity index (χ2v) is 9.18. The smallest absolute Gasteiger partial charge is 0.330 e. The molecule has 0 radical (unpaired) electrons. The molecule has 5 aromatic rings. The highest BCUT2D eigenvalue weighted by Gasteiger charge is 2.57. The second-order valence-electron chi connectivity index (χ2n) is 9.18. The Balaban J connectivity index is 1.30. The van der Waals surface area contributed by atoms with Gasteiger partial charge in [0.25, 0.3) is 5.56 Å². The van der Waals surface area contributed by atoms with E-state index in [1.807, 2.05) is 24.3 Å². The van der Waals surface area contributed by atoms with Crippen LogP contribution in [0.15, 0.2) is 81.6 Å². The number of nitrogens with zero attached hydrogens (tertiary/aromatic N) is 2. The number of aromatic nitrogens is 2. The first-order valence-electron chi connectivity index (χ1n) is 11.7. The van der Waals surface area contributed by atoms with Crippen molar-refractivity contribution in [1.29, 1.82) is 0 Å². The summed E-state index contributed by atoms with van der Waals surface area (Å²) in [6.07, 6.45) is -1.56. The molecule has 0 saturated carbocycles. The molecule has 6 rings (SSSR count). The van der Waals surface area contributed by atoms with Crippen LogP contribution in [0, 0.1) is 0 Å². The lowest BCUT2D eigenvalue weighted by Crippen LogP contribution is -2.52. The molecule has 0 amide bonds. The lowest BCUT2D eigenvalue weighted by atomic mass is 9.92. The molecule has 1 fully saturated rings. The van der Waals surface area contributed by atoms with Crippen LogP contribution in [0.4, 0.5) is 0 Å². The maximum Gasteiger partial charge on any atom is 0.330 e. The highest BCUT2D eigenvalue weighted by molar-refractivity contribution is 6.25. The number of H-pyrrole nitrogens is 1. The Labute approximate surface area is 208 Å². The van der Waals surface area contributed by atoms with Crippen LogP contribution >= 0.6 is 0 Å². The van der Waals surface area contributed by atoms with E-state index in [4.69, 9.17) is 9.57 Å². The predicted molar refractivity (Wildman–Crippen MR) is 137 cm³/mol. The molecule has 0 spiro atoms. The molecule has 4 aromatic carbocycles. The van der Waals surface area contributed by atoms with Crippen LogP contribution in [0.1, 0.15) is 11.8 Å². The number of aromatic amines is 1. The number of hydrogen-bond acceptors (Lipinski definition) is 8. The summed E-state index contributed by atoms with van der Waals surface area (Å²) >= 11 is 0. The summed E-state index contributed by atoms with van der Waals surface area (Å²) in [7, 11) is 0. The van der Waals surface area contributed by atoms with Crippen LogP contribution in [-0.4, -0.2) is 62.1 Å². The highest BCUT2D eigenvalue weighted by Crippen LogP contribution is 2.38. The van der Waals surface area contributed by atoms with Crippen LogP contribution in [0.25, 0.3) is 32.3 Å². The van der Waals surface area contributed by atoms with Gasteiger partial charge in [-0.05, 0) is 32.3 Å². The van der Waals surface area contributed by atoms with Gasteiger partial charge in [0.05, 0.1) is 12.8 Å². The van der Waals surface area contributed by atoms with E-state index in [-0.39, 0.29) is 0 Å². The third-order valence-electron chi connectivity index (χ3n) is 7.00. The van der Waals surface area contributed by atoms with Gasteiger partial charge >= 0.3 is 5.69 Å². The Kier molecular flexibility index (Phi) is 5.54. The minimum atomic E-state index is -2.14. The molecule has 1 aliphatic heterocycles. The third kappa shape index (κ3) is 3.69. The van der Waals surface area contributed by atoms with E-state index in [9.17, 15) is 24.9 Å². The largest absolute Gasteiger partial charge is 0.394 e. The Morgan fingerprint density at radius 3 is 2.46 bits per heavy atom. The van der Waals surface area contributed by atoms with Crippen LogP contribution in [-0.2, 0) is 9.57 Å². The molecular weight excluding hydrogens is 478 g/mol. The molecule has 37 heavy (non-hydrogen) atoms. The van der Waals surface area contributed by atoms with E-state index in [2.05, 4.69) is 40.5 Å². The number of ether oxygens (including phenoxy) is 1. The number of hydrogen-bond donors (Lipinski definition) is 4. The van der Waals surface area contributed by atoms with E-state index in [1.54, 1.807) is 0 Å². The lowest BCUT2D eigenvalue weighted by Gasteiger charge is -2.30. The average Bonchev–Trinajstić information content (AvgIpc) is 3.15. The normalized spacial score (nSPS) is 24.1. The minimum absolute atomic E-state index is 0.552. The van der Waals surface area contributed by atoms with Crippen molar-refractivity contribution in [3.63, 3.8) is 0 Å². The van der Waals surface area contributed by atoms with Crippen molar-refractivity contribution >= 4 is 38.5 Å². The monoisotopic (exact) mass is 501 g/mol. The first kappa shape index (κ1) is 23.3. The summed E-state index contributed by atoms with van der Waals surface area (Å²) in [4.78, 5) is 31.2. The van der Waals surface area contributed by atoms with Crippen molar-refractivity contribution in [1.82, 2.24) is 9.55 Å². The van der Waals surface area contributed by atoms with Gasteiger partial charge in [-0.25, -0.2) is 4.79 Å². The van der Waals surface area contributed by atoms with Gasteiger partial charge in [0.1, 0.15) is 12.2 Å². The third-order valence-corrected chi connectivity index (χ3v) is 7.00. The van der Waals surface area contributed by atoms with Gasteiger partial charge in [0.2, 0.25) is 0 Å². The predicted octanol–water partition coefficient (Wildman–Crippen LogP) is 1.47. The molecule has 2 heterocycles. The molecule has 0 unspecified atom stereocenters. The highest BCUT2D eigenvalue weighted by atomic mass is 16.6. The second kappa shape index (κ2) is 8.79. The molecule has 4 N–H and O–H groups in total. The van der Waals surface area contributed by atoms with Crippen molar-refractivity contribution in [2.24, 2.45) is 5.16 Å². The topological polar surface area (TPSA) is 146 Å². The molecule has 188 valence electrons. The van der Waals surface area contributed by atoms with Crippen molar-refractivity contribution < 1.29 is 24.9 Å². The standard InChI is InChI=1S/C27H23N3O7/c31-13-20-24(33)27(35,25(37-20)30-11-10-21(32)29-26(30)34)14-36-28-12-18-7-6-17-5-4-15-2-1-3-16-8-9-19(18)23(17)22(15)16/h1-12,20,24-25,31,33,35H,13-14H2,(H,29,32,34)/t20-,24-,25-,27-/m1/s1. The summed E-state index contributed by atoms with van der Waals surface area (Å²) < 4.78 is 6.47. The molecule has 0 aliphatic carbocycles. The number of aliphatic hydroxyl groups excluding tert-OH is 2. The van der Waals surface area contributed by atoms with Crippen molar-refractivity contribution in [3.05, 3.63) is 93.3 Å². The maximum absolute atomic E-state index is 12.3. The summed E-state index contributed by atoms with van der Waals surface area (Å²) in [6.45, 7) is -1.16. The van der Waals surface area contributed by atoms with E-state index in [0.717, 1.165) is 49.3 Å². The van der Waals surface area contributed by atoms with E-state index in [1.165, 1.54) is 11.6 Å². The fraction of sp³-hybridized carbons (Fsp3) is 0.222. The number of rotatable bonds is 6. The van der Waals surface area contributed by atoms with Crippen molar-refractivity contribution in [2.75, 3.05) is 13.2 Å². The Morgan fingerprint density at radius 2 is 1.73 bits per heavy atom. The summed E-state index contributed by atoms with van der Waals surface area (Å²) in [6, 6.07) is 19.4. The zero-order valence-electron chi connectivity index (χ0n) is 19.4. The lowest BCUT2D eigenvalue weighted by molar-refractivity contribution is -0.147. The summed E-state index contributed by atoms with van der Waals surface area (Å²) in [5.41, 5.74) is -2.83. The van der Waals surface area contributed by atoms with Gasteiger partial charge in [-0.15, -0.1) is 0 Å². The molecule has 0 bridgehead atoms. The SMILES string of the molecule is O=c1ccn([C@@H]2O[C@H](CO)[C@@H](O)[C@]2(O)CON=Cc2ccc3ccc4cccc5ccc2c3c45)c(=O)[nH]1. The van der Waals surface area contributed by atoms with E-state index in [0.29, 0.717) is 0 Å². The van der Waals surface area contributed by atoms with Crippen LogP contribution in [0.5, 0.6) is 0 Å². The number of aliphatic hydroxyl groups is 3. The number of nitrogens with one attached hydrogen (secondary N) is 1. The molecule has 4 atom stereocenters. The zero-order valence-corrected chi connectivity index (χ0v) is 19.4. The number of benzene rings is 4. The molecular formula is C27H23N3O7. The van der Waals surface area contributed by atoms with Gasteiger partial charge in [-0.2, -0.15) is 0 Å². The first-order chi connectivity index (χ1) is 17.9. The minimum Gasteiger partial charge on any atom is -0.394 e. The zero-order chi connectivity index (χ0) is 25.7. The molecule has 1 saturated heterocycles. The Morgan fingerprint density at radius 1 is 1.03 bits per heavy atom. The number of oxime groups is 1. The first-order valence-corrected chi connectivity index (χ1v) is 11.7. The average molecular weight is 501 g/mol. The molecule has 10 heteroatoms. The Hall–Kier alpha value is -4.09. The van der Waals surface area contributed by atoms with Crippen LogP contribution in [0.2, 0.25) is 0 Å². The van der Waals surface area contributed by atoms with Crippen molar-refractivity contribution in [3.8, 4) is 0 Å². The van der Waals surface area contributed by atoms with Crippen molar-refractivity contribution in [2.45, 2.75) is 24.0 Å². The van der Waals surface area contributed by atoms with Gasteiger partial charge in [-0.1, -0.05) is 59.8 Å². The van der Waals surface area contributed by atoms with E-state index >= 15 is 0 Å². The fourth-order valence-electron chi connectivity index (χ4n) is 5.15. The summed E-state index contributed by atoms with van der Waals surface area (Å²) in [5.74, 6) is 0. The quantitative estimate of drug-likeness (QED) is 0.157. The van der Waals surface area contributed by atoms with Gasteiger partial charge < -0.3 is 24.9 Å². The van der Waals surface area contributed by atoms with Gasteiger partial charge in [-0.3, -0.25) is 14.3 Å². The maximum atomic E-state index is 12.3. The van der Waals surface area contributed by atoms with Crippen LogP contribution < -0.4 is 11.2 Å². The molecule has 1 aliphatic rings. The fourth-order valence-corrected chi connectivity index (χ4v) is 5.15. The Bertz CT molecular complexity index is 1750. The van der Waals surface area contributed by atoms with Gasteiger partial charge in [0, 0.05) is 17.8 Å². The van der Waals surface area contributed by atoms with Crippen LogP contribution in [0.3, 0.4) is 0 Å². The van der Waals surface area contributed by atoms with Gasteiger partial charge in [0.15, 0.2) is 18.4 Å². The molecule has 10 nitrogen and oxygen atoms in total. The molecule has 1 aromatic heterocycles. The van der Waals surface area contributed by atoms with E-state index < -0.39 is 48.5 Å².